The normalized spacial score (nSPS) is 18.8. The number of likely N-dealkylation sites (tertiary alicyclic amines) is 1. The second-order valence-corrected chi connectivity index (χ2v) is 15.2. The zero-order chi connectivity index (χ0) is 36.7. The Balaban J connectivity index is 1.05. The van der Waals surface area contributed by atoms with Crippen LogP contribution in [0.25, 0.3) is 11.1 Å². The Labute approximate surface area is 303 Å². The van der Waals surface area contributed by atoms with E-state index in [1.54, 1.807) is 11.8 Å². The number of hydrogen-bond donors (Lipinski definition) is 2. The van der Waals surface area contributed by atoms with E-state index in [0.717, 1.165) is 60.0 Å². The third-order valence-electron chi connectivity index (χ3n) is 9.86. The number of amides is 4. The van der Waals surface area contributed by atoms with Crippen molar-refractivity contribution in [1.29, 1.82) is 0 Å². The Kier molecular flexibility index (Phi) is 12.2. The topological polar surface area (TPSA) is 108 Å². The minimum atomic E-state index is -0.612. The highest BCUT2D eigenvalue weighted by molar-refractivity contribution is 5.95. The number of benzene rings is 3. The molecule has 3 atom stereocenters. The van der Waals surface area contributed by atoms with Gasteiger partial charge in [0.25, 0.3) is 5.91 Å². The van der Waals surface area contributed by atoms with E-state index in [9.17, 15) is 19.2 Å². The summed E-state index contributed by atoms with van der Waals surface area (Å²) < 4.78 is 5.66. The monoisotopic (exact) mass is 694 g/mol. The molecule has 1 saturated heterocycles. The predicted octanol–water partition coefficient (Wildman–Crippen LogP) is 7.41. The van der Waals surface area contributed by atoms with Gasteiger partial charge in [-0.25, -0.2) is 4.79 Å². The van der Waals surface area contributed by atoms with E-state index < -0.39 is 5.60 Å². The summed E-state index contributed by atoms with van der Waals surface area (Å²) in [5, 5.41) is 6.10. The van der Waals surface area contributed by atoms with Gasteiger partial charge in [-0.2, -0.15) is 0 Å². The lowest BCUT2D eigenvalue weighted by Crippen LogP contribution is -2.49. The average molecular weight is 695 g/mol. The Morgan fingerprint density at radius 2 is 1.57 bits per heavy atom. The maximum absolute atomic E-state index is 13.3. The maximum Gasteiger partial charge on any atom is 0.410 e. The fourth-order valence-corrected chi connectivity index (χ4v) is 7.24. The van der Waals surface area contributed by atoms with Crippen molar-refractivity contribution in [2.75, 3.05) is 31.1 Å². The molecule has 2 N–H and O–H groups in total. The molecule has 0 aliphatic carbocycles. The molecule has 0 spiro atoms. The third kappa shape index (κ3) is 9.99. The molecule has 2 heterocycles. The maximum atomic E-state index is 13.3. The van der Waals surface area contributed by atoms with Crippen molar-refractivity contribution in [2.24, 2.45) is 5.92 Å². The van der Waals surface area contributed by atoms with Gasteiger partial charge in [0.15, 0.2) is 0 Å². The van der Waals surface area contributed by atoms with Crippen LogP contribution in [0.4, 0.5) is 10.5 Å². The van der Waals surface area contributed by atoms with Gasteiger partial charge in [0.05, 0.1) is 5.92 Å². The summed E-state index contributed by atoms with van der Waals surface area (Å²) in [6.07, 6.45) is 4.62. The molecule has 9 heteroatoms. The first-order chi connectivity index (χ1) is 24.3. The molecule has 272 valence electrons. The van der Waals surface area contributed by atoms with Crippen LogP contribution in [0.3, 0.4) is 0 Å². The Morgan fingerprint density at radius 1 is 0.863 bits per heavy atom. The molecule has 3 aromatic rings. The van der Waals surface area contributed by atoms with E-state index in [2.05, 4.69) is 35.8 Å². The van der Waals surface area contributed by atoms with Crippen molar-refractivity contribution in [2.45, 2.75) is 97.6 Å². The lowest BCUT2D eigenvalue weighted by Gasteiger charge is -2.38. The van der Waals surface area contributed by atoms with Crippen LogP contribution in [0.5, 0.6) is 0 Å². The van der Waals surface area contributed by atoms with E-state index in [-0.39, 0.29) is 41.7 Å². The van der Waals surface area contributed by atoms with Crippen LogP contribution in [0.15, 0.2) is 66.7 Å². The van der Waals surface area contributed by atoms with E-state index in [0.29, 0.717) is 38.2 Å². The SMILES string of the molecule is CC(=O)N1c2ccc(-c3ccc(C(=O)NCCCCCNC(=O)C4CC(c5cccc(C)c5)CN(C(=O)OC(C)(C)C)C4)cc3)cc2CC[C@@H]1C. The fraction of sp³-hybridized carbons (Fsp3) is 0.476. The van der Waals surface area contributed by atoms with Crippen LogP contribution in [0, 0.1) is 12.8 Å². The molecule has 4 amide bonds. The van der Waals surface area contributed by atoms with Crippen LogP contribution in [0.2, 0.25) is 0 Å². The van der Waals surface area contributed by atoms with Crippen molar-refractivity contribution in [3.05, 3.63) is 89.0 Å². The summed E-state index contributed by atoms with van der Waals surface area (Å²) in [6.45, 7) is 13.3. The van der Waals surface area contributed by atoms with Crippen molar-refractivity contribution in [3.63, 3.8) is 0 Å². The summed E-state index contributed by atoms with van der Waals surface area (Å²) in [6, 6.07) is 22.3. The van der Waals surface area contributed by atoms with E-state index in [1.807, 2.05) is 81.1 Å². The number of fused-ring (bicyclic) bond motifs is 1. The molecule has 2 aliphatic rings. The van der Waals surface area contributed by atoms with Crippen LogP contribution in [-0.2, 0) is 20.7 Å². The van der Waals surface area contributed by atoms with Crippen LogP contribution >= 0.6 is 0 Å². The van der Waals surface area contributed by atoms with Crippen molar-refractivity contribution >= 4 is 29.5 Å². The average Bonchev–Trinajstić information content (AvgIpc) is 3.09. The quantitative estimate of drug-likeness (QED) is 0.215. The molecule has 3 aromatic carbocycles. The van der Waals surface area contributed by atoms with Crippen LogP contribution < -0.4 is 15.5 Å². The van der Waals surface area contributed by atoms with Gasteiger partial charge in [-0.05, 0) is 120 Å². The van der Waals surface area contributed by atoms with Gasteiger partial charge in [0.2, 0.25) is 11.8 Å². The van der Waals surface area contributed by atoms with E-state index >= 15 is 0 Å². The largest absolute Gasteiger partial charge is 0.444 e. The summed E-state index contributed by atoms with van der Waals surface area (Å²) in [4.78, 5) is 54.9. The highest BCUT2D eigenvalue weighted by atomic mass is 16.6. The van der Waals surface area contributed by atoms with Gasteiger partial charge in [0.1, 0.15) is 5.60 Å². The Morgan fingerprint density at radius 3 is 2.25 bits per heavy atom. The number of nitrogens with one attached hydrogen (secondary N) is 2. The summed E-state index contributed by atoms with van der Waals surface area (Å²) in [7, 11) is 0. The molecule has 51 heavy (non-hydrogen) atoms. The number of aryl methyl sites for hydroxylation is 2. The van der Waals surface area contributed by atoms with Gasteiger partial charge in [-0.3, -0.25) is 14.4 Å². The zero-order valence-electron chi connectivity index (χ0n) is 31.1. The van der Waals surface area contributed by atoms with Gasteiger partial charge >= 0.3 is 6.09 Å². The number of unbranched alkanes of at least 4 members (excludes halogenated alkanes) is 2. The number of rotatable bonds is 10. The number of carbonyl (C=O) groups is 4. The molecule has 0 radical (unpaired) electrons. The molecule has 1 fully saturated rings. The molecule has 2 unspecified atom stereocenters. The summed E-state index contributed by atoms with van der Waals surface area (Å²) in [5.74, 6) is -0.359. The van der Waals surface area contributed by atoms with Crippen molar-refractivity contribution in [3.8, 4) is 11.1 Å². The highest BCUT2D eigenvalue weighted by Crippen LogP contribution is 2.35. The number of anilines is 1. The molecule has 5 rings (SSSR count). The first-order valence-electron chi connectivity index (χ1n) is 18.4. The Hall–Kier alpha value is -4.66. The van der Waals surface area contributed by atoms with Gasteiger partial charge in [-0.1, -0.05) is 48.0 Å². The van der Waals surface area contributed by atoms with Gasteiger partial charge < -0.3 is 25.2 Å². The smallest absolute Gasteiger partial charge is 0.410 e. The molecule has 0 aromatic heterocycles. The van der Waals surface area contributed by atoms with Crippen molar-refractivity contribution in [1.82, 2.24) is 15.5 Å². The third-order valence-corrected chi connectivity index (χ3v) is 9.86. The second kappa shape index (κ2) is 16.6. The minimum Gasteiger partial charge on any atom is -0.444 e. The first-order valence-corrected chi connectivity index (χ1v) is 18.4. The van der Waals surface area contributed by atoms with Gasteiger partial charge in [0, 0.05) is 56.3 Å². The van der Waals surface area contributed by atoms with E-state index in [1.165, 1.54) is 5.56 Å². The number of piperidine rings is 1. The lowest BCUT2D eigenvalue weighted by atomic mass is 9.83. The van der Waals surface area contributed by atoms with Crippen LogP contribution in [0.1, 0.15) is 99.7 Å². The number of carbonyl (C=O) groups excluding carboxylic acids is 4. The minimum absolute atomic E-state index is 0.0410. The zero-order valence-corrected chi connectivity index (χ0v) is 31.1. The summed E-state index contributed by atoms with van der Waals surface area (Å²) in [5.41, 5.74) is 6.54. The Bertz CT molecular complexity index is 1710. The molecule has 9 nitrogen and oxygen atoms in total. The fourth-order valence-electron chi connectivity index (χ4n) is 7.24. The molecule has 0 saturated carbocycles. The number of hydrogen-bond acceptors (Lipinski definition) is 5. The van der Waals surface area contributed by atoms with E-state index in [4.69, 9.17) is 4.74 Å². The number of ether oxygens (including phenoxy) is 1. The van der Waals surface area contributed by atoms with Gasteiger partial charge in [-0.15, -0.1) is 0 Å². The molecular weight excluding hydrogens is 640 g/mol. The molecule has 0 bridgehead atoms. The van der Waals surface area contributed by atoms with Crippen molar-refractivity contribution < 1.29 is 23.9 Å². The first kappa shape index (κ1) is 37.6. The highest BCUT2D eigenvalue weighted by Gasteiger charge is 2.36. The lowest BCUT2D eigenvalue weighted by molar-refractivity contribution is -0.126. The van der Waals surface area contributed by atoms with Crippen LogP contribution in [-0.4, -0.2) is 66.5 Å². The standard InChI is InChI=1S/C42H54N4O5/c1-28-11-10-12-33(23-28)36-25-37(27-45(26-36)41(50)51-42(4,5)6)40(49)44-22-9-7-8-21-43-39(48)32-17-15-31(16-18-32)34-19-20-38-35(24-34)14-13-29(2)46(38)30(3)47/h10-12,15-20,23-24,29,36-37H,7-9,13-14,21-22,25-27H2,1-6H3,(H,43,48)(H,44,49)/t29-,36?,37?/m0/s1. The number of nitrogens with zero attached hydrogens (tertiary/aromatic N) is 2. The molecular formula is C42H54N4O5. The summed E-state index contributed by atoms with van der Waals surface area (Å²) >= 11 is 0. The molecule has 2 aliphatic heterocycles. The second-order valence-electron chi connectivity index (χ2n) is 15.2. The predicted molar refractivity (Wildman–Crippen MR) is 202 cm³/mol.